The van der Waals surface area contributed by atoms with E-state index in [9.17, 15) is 4.79 Å². The number of halogens is 2. The number of carbonyl (C=O) groups is 1. The molecule has 31 heavy (non-hydrogen) atoms. The van der Waals surface area contributed by atoms with Crippen LogP contribution in [0.4, 0.5) is 11.4 Å². The van der Waals surface area contributed by atoms with E-state index in [1.807, 2.05) is 72.8 Å². The molecule has 1 aliphatic rings. The van der Waals surface area contributed by atoms with E-state index in [-0.39, 0.29) is 11.9 Å². The van der Waals surface area contributed by atoms with Crippen LogP contribution in [0.2, 0.25) is 0 Å². The highest BCUT2D eigenvalue weighted by molar-refractivity contribution is 14.1. The lowest BCUT2D eigenvalue weighted by Crippen LogP contribution is -2.30. The van der Waals surface area contributed by atoms with Crippen molar-refractivity contribution in [3.8, 4) is 11.5 Å². The third-order valence-corrected chi connectivity index (χ3v) is 6.47. The molecule has 0 fully saturated rings. The van der Waals surface area contributed by atoms with Crippen molar-refractivity contribution < 1.29 is 14.3 Å². The summed E-state index contributed by atoms with van der Waals surface area (Å²) in [4.78, 5) is 15.3. The van der Waals surface area contributed by atoms with E-state index in [1.54, 1.807) is 19.1 Å². The van der Waals surface area contributed by atoms with E-state index >= 15 is 0 Å². The Morgan fingerprint density at radius 2 is 1.45 bits per heavy atom. The van der Waals surface area contributed by atoms with E-state index in [0.717, 1.165) is 24.1 Å². The molecule has 4 rings (SSSR count). The Morgan fingerprint density at radius 1 is 0.839 bits per heavy atom. The minimum atomic E-state index is -0.279. The Hall–Kier alpha value is -2.27. The van der Waals surface area contributed by atoms with Gasteiger partial charge < -0.3 is 14.8 Å². The number of rotatable bonds is 6. The van der Waals surface area contributed by atoms with Gasteiger partial charge in [-0.25, -0.2) is 0 Å². The summed E-state index contributed by atoms with van der Waals surface area (Å²) >= 11 is 4.52. The molecule has 1 N–H and O–H groups in total. The van der Waals surface area contributed by atoms with Crippen molar-refractivity contribution in [2.24, 2.45) is 0 Å². The van der Waals surface area contributed by atoms with Crippen LogP contribution in [0.25, 0.3) is 0 Å². The first-order valence-electron chi connectivity index (χ1n) is 9.55. The highest BCUT2D eigenvalue weighted by Crippen LogP contribution is 2.39. The molecule has 1 heterocycles. The van der Waals surface area contributed by atoms with Gasteiger partial charge in [0.05, 0.1) is 20.3 Å². The van der Waals surface area contributed by atoms with Crippen molar-refractivity contribution in [1.29, 1.82) is 0 Å². The Bertz CT molecular complexity index is 1130. The molecule has 5 nitrogen and oxygen atoms in total. The molecule has 0 aromatic heterocycles. The van der Waals surface area contributed by atoms with Gasteiger partial charge in [0.25, 0.3) is 5.91 Å². The largest absolute Gasteiger partial charge is 0.493 e. The number of anilines is 2. The van der Waals surface area contributed by atoms with Gasteiger partial charge >= 0.3 is 0 Å². The third-order valence-electron chi connectivity index (χ3n) is 5.03. The van der Waals surface area contributed by atoms with Crippen molar-refractivity contribution >= 4 is 62.5 Å². The Kier molecular flexibility index (Phi) is 6.71. The quantitative estimate of drug-likeness (QED) is 0.337. The summed E-state index contributed by atoms with van der Waals surface area (Å²) in [7, 11) is 3.22. The highest BCUT2D eigenvalue weighted by atomic mass is 127. The zero-order chi connectivity index (χ0) is 22.0. The number of nitrogens with one attached hydrogen (secondary N) is 1. The molecule has 1 aliphatic heterocycles. The fourth-order valence-electron chi connectivity index (χ4n) is 3.51. The second-order valence-corrected chi connectivity index (χ2v) is 9.41. The summed E-state index contributed by atoms with van der Waals surface area (Å²) < 4.78 is 13.1. The summed E-state index contributed by atoms with van der Waals surface area (Å²) in [5.74, 6) is 1.19. The zero-order valence-electron chi connectivity index (χ0n) is 16.9. The minimum Gasteiger partial charge on any atom is -0.493 e. The van der Waals surface area contributed by atoms with Crippen LogP contribution < -0.4 is 19.7 Å². The monoisotopic (exact) mass is 638 g/mol. The minimum absolute atomic E-state index is 0.0838. The van der Waals surface area contributed by atoms with E-state index in [1.165, 1.54) is 0 Å². The molecular formula is C24H20I2N2O3. The number of amides is 1. The zero-order valence-corrected chi connectivity index (χ0v) is 21.2. The van der Waals surface area contributed by atoms with Gasteiger partial charge in [-0.05, 0) is 117 Å². The fourth-order valence-corrected chi connectivity index (χ4v) is 4.22. The molecule has 158 valence electrons. The molecule has 3 aromatic rings. The van der Waals surface area contributed by atoms with Gasteiger partial charge in [-0.1, -0.05) is 6.07 Å². The number of hydrogen-bond donors (Lipinski definition) is 1. The van der Waals surface area contributed by atoms with Crippen LogP contribution in [0.3, 0.4) is 0 Å². The molecule has 0 saturated carbocycles. The first-order valence-corrected chi connectivity index (χ1v) is 11.7. The number of nitrogens with zero attached hydrogens (tertiary/aromatic N) is 1. The smallest absolute Gasteiger partial charge is 0.275 e. The molecule has 1 amide bonds. The van der Waals surface area contributed by atoms with Crippen molar-refractivity contribution in [2.75, 3.05) is 24.4 Å². The van der Waals surface area contributed by atoms with Crippen molar-refractivity contribution in [1.82, 2.24) is 0 Å². The van der Waals surface area contributed by atoms with Gasteiger partial charge in [0.15, 0.2) is 11.5 Å². The second kappa shape index (κ2) is 9.47. The molecular weight excluding hydrogens is 618 g/mol. The van der Waals surface area contributed by atoms with Gasteiger partial charge in [0, 0.05) is 18.5 Å². The molecule has 3 aromatic carbocycles. The maximum Gasteiger partial charge on any atom is 0.275 e. The Balaban J connectivity index is 1.75. The molecule has 0 unspecified atom stereocenters. The summed E-state index contributed by atoms with van der Waals surface area (Å²) in [5.41, 5.74) is 3.18. The van der Waals surface area contributed by atoms with Gasteiger partial charge in [0.1, 0.15) is 5.70 Å². The van der Waals surface area contributed by atoms with E-state index in [0.29, 0.717) is 17.2 Å². The van der Waals surface area contributed by atoms with Crippen LogP contribution in [-0.4, -0.2) is 20.1 Å². The Morgan fingerprint density at radius 3 is 2.06 bits per heavy atom. The van der Waals surface area contributed by atoms with Crippen LogP contribution >= 0.6 is 45.2 Å². The summed E-state index contributed by atoms with van der Waals surface area (Å²) in [6.45, 7) is 0. The molecule has 0 saturated heterocycles. The second-order valence-electron chi connectivity index (χ2n) is 6.92. The highest BCUT2D eigenvalue weighted by Gasteiger charge is 2.35. The number of benzene rings is 3. The third kappa shape index (κ3) is 4.67. The molecule has 7 heteroatoms. The number of hydrogen-bond acceptors (Lipinski definition) is 4. The van der Waals surface area contributed by atoms with Crippen LogP contribution in [0.5, 0.6) is 11.5 Å². The molecule has 0 radical (unpaired) electrons. The molecule has 0 aliphatic carbocycles. The topological polar surface area (TPSA) is 50.8 Å². The predicted molar refractivity (Wildman–Crippen MR) is 140 cm³/mol. The van der Waals surface area contributed by atoms with Crippen LogP contribution in [0, 0.1) is 7.14 Å². The van der Waals surface area contributed by atoms with E-state index in [2.05, 4.69) is 50.5 Å². The summed E-state index contributed by atoms with van der Waals surface area (Å²) in [5, 5.41) is 3.29. The average Bonchev–Trinajstić information content (AvgIpc) is 3.11. The van der Waals surface area contributed by atoms with Gasteiger partial charge in [-0.15, -0.1) is 0 Å². The lowest BCUT2D eigenvalue weighted by molar-refractivity contribution is -0.114. The molecule has 0 spiro atoms. The van der Waals surface area contributed by atoms with Crippen LogP contribution in [0.1, 0.15) is 11.6 Å². The normalized spacial score (nSPS) is 15.6. The molecule has 1 atom stereocenters. The summed E-state index contributed by atoms with van der Waals surface area (Å²) in [6, 6.07) is 21.3. The predicted octanol–water partition coefficient (Wildman–Crippen LogP) is 6.00. The van der Waals surface area contributed by atoms with Crippen molar-refractivity contribution in [2.45, 2.75) is 6.04 Å². The standard InChI is InChI=1S/C24H20I2N2O3/c1-30-22-12-3-15(13-23(22)31-2)21-14-20(27-18-8-4-16(25)5-9-18)24(29)28(21)19-10-6-17(26)7-11-19/h3-14,21,27H,1-2H3/t21-/m0/s1. The number of methoxy groups -OCH3 is 2. The fraction of sp³-hybridized carbons (Fsp3) is 0.125. The number of carbonyl (C=O) groups excluding carboxylic acids is 1. The lowest BCUT2D eigenvalue weighted by atomic mass is 10.1. The first-order chi connectivity index (χ1) is 15.0. The van der Waals surface area contributed by atoms with Crippen LogP contribution in [0.15, 0.2) is 78.5 Å². The lowest BCUT2D eigenvalue weighted by Gasteiger charge is -2.26. The number of ether oxygens (including phenoxy) is 2. The van der Waals surface area contributed by atoms with Crippen LogP contribution in [-0.2, 0) is 4.79 Å². The molecule has 0 bridgehead atoms. The SMILES string of the molecule is COc1ccc([C@@H]2C=C(Nc3ccc(I)cc3)C(=O)N2c2ccc(I)cc2)cc1OC. The first kappa shape index (κ1) is 21.9. The maximum atomic E-state index is 13.5. The van der Waals surface area contributed by atoms with Gasteiger partial charge in [-0.2, -0.15) is 0 Å². The van der Waals surface area contributed by atoms with Crippen molar-refractivity contribution in [3.05, 3.63) is 91.2 Å². The maximum absolute atomic E-state index is 13.5. The van der Waals surface area contributed by atoms with Gasteiger partial charge in [0.2, 0.25) is 0 Å². The van der Waals surface area contributed by atoms with E-state index in [4.69, 9.17) is 9.47 Å². The van der Waals surface area contributed by atoms with E-state index < -0.39 is 0 Å². The van der Waals surface area contributed by atoms with Crippen molar-refractivity contribution in [3.63, 3.8) is 0 Å². The summed E-state index contributed by atoms with van der Waals surface area (Å²) in [6.07, 6.45) is 1.96. The average molecular weight is 638 g/mol. The van der Waals surface area contributed by atoms with Gasteiger partial charge in [-0.3, -0.25) is 9.69 Å². The Labute approximate surface area is 208 Å².